The summed E-state index contributed by atoms with van der Waals surface area (Å²) in [6.45, 7) is 6.43. The number of rotatable bonds is 4. The minimum atomic E-state index is -0.159. The van der Waals surface area contributed by atoms with E-state index in [1.807, 2.05) is 19.9 Å². The van der Waals surface area contributed by atoms with Crippen LogP contribution in [0, 0.1) is 13.8 Å². The summed E-state index contributed by atoms with van der Waals surface area (Å²) in [5.41, 5.74) is 7.12. The molecule has 1 heterocycles. The van der Waals surface area contributed by atoms with E-state index in [0.717, 1.165) is 24.2 Å². The van der Waals surface area contributed by atoms with E-state index in [-0.39, 0.29) is 11.7 Å². The van der Waals surface area contributed by atoms with Crippen LogP contribution in [0.4, 0.5) is 0 Å². The summed E-state index contributed by atoms with van der Waals surface area (Å²) in [5, 5.41) is 0. The number of aryl methyl sites for hydroxylation is 2. The molecule has 0 aliphatic rings. The Labute approximate surface area is 90.1 Å². The van der Waals surface area contributed by atoms with Gasteiger partial charge in [-0.25, -0.2) is 4.79 Å². The average molecular weight is 209 g/mol. The topological polar surface area (TPSA) is 60.9 Å². The maximum Gasteiger partial charge on any atom is 0.348 e. The highest BCUT2D eigenvalue weighted by atomic mass is 16.1. The number of nitrogens with two attached hydrogens (primary N) is 1. The average Bonchev–Trinajstić information content (AvgIpc) is 2.14. The molecule has 0 radical (unpaired) electrons. The van der Waals surface area contributed by atoms with E-state index < -0.39 is 0 Å². The van der Waals surface area contributed by atoms with Gasteiger partial charge in [0.15, 0.2) is 0 Å². The van der Waals surface area contributed by atoms with Gasteiger partial charge in [0.1, 0.15) is 0 Å². The Kier molecular flexibility index (Phi) is 4.03. The van der Waals surface area contributed by atoms with Gasteiger partial charge in [-0.1, -0.05) is 6.92 Å². The second-order valence-corrected chi connectivity index (χ2v) is 3.83. The summed E-state index contributed by atoms with van der Waals surface area (Å²) in [6.07, 6.45) is 1.73. The molecule has 1 aromatic rings. The zero-order valence-electron chi connectivity index (χ0n) is 9.66. The first-order valence-electron chi connectivity index (χ1n) is 5.37. The lowest BCUT2D eigenvalue weighted by atomic mass is 10.1. The van der Waals surface area contributed by atoms with Gasteiger partial charge in [-0.3, -0.25) is 4.57 Å². The van der Waals surface area contributed by atoms with Gasteiger partial charge in [0.2, 0.25) is 0 Å². The molecular formula is C11H19N3O. The molecule has 0 aliphatic heterocycles. The first-order chi connectivity index (χ1) is 7.10. The fraction of sp³-hybridized carbons (Fsp3) is 0.636. The van der Waals surface area contributed by atoms with E-state index in [9.17, 15) is 4.79 Å². The van der Waals surface area contributed by atoms with E-state index in [1.165, 1.54) is 0 Å². The highest BCUT2D eigenvalue weighted by molar-refractivity contribution is 5.07. The Balaban J connectivity index is 3.17. The van der Waals surface area contributed by atoms with Crippen LogP contribution in [-0.2, 0) is 0 Å². The molecule has 1 atom stereocenters. The lowest BCUT2D eigenvalue weighted by Crippen LogP contribution is -2.30. The summed E-state index contributed by atoms with van der Waals surface area (Å²) in [5.74, 6) is 0. The zero-order valence-corrected chi connectivity index (χ0v) is 9.66. The fourth-order valence-corrected chi connectivity index (χ4v) is 1.91. The molecule has 0 bridgehead atoms. The molecular weight excluding hydrogens is 190 g/mol. The first kappa shape index (κ1) is 11.9. The van der Waals surface area contributed by atoms with Crippen molar-refractivity contribution in [1.29, 1.82) is 0 Å². The third kappa shape index (κ3) is 2.65. The largest absolute Gasteiger partial charge is 0.348 e. The molecule has 0 saturated carbocycles. The molecule has 0 aromatic carbocycles. The van der Waals surface area contributed by atoms with Crippen molar-refractivity contribution in [3.05, 3.63) is 27.9 Å². The van der Waals surface area contributed by atoms with Crippen LogP contribution in [0.2, 0.25) is 0 Å². The Morgan fingerprint density at radius 1 is 1.53 bits per heavy atom. The lowest BCUT2D eigenvalue weighted by Gasteiger charge is -2.19. The molecule has 0 aliphatic carbocycles. The van der Waals surface area contributed by atoms with E-state index >= 15 is 0 Å². The summed E-state index contributed by atoms with van der Waals surface area (Å²) >= 11 is 0. The summed E-state index contributed by atoms with van der Waals surface area (Å²) < 4.78 is 1.75. The zero-order chi connectivity index (χ0) is 11.4. The van der Waals surface area contributed by atoms with E-state index in [4.69, 9.17) is 5.73 Å². The van der Waals surface area contributed by atoms with Crippen molar-refractivity contribution in [3.63, 3.8) is 0 Å². The summed E-state index contributed by atoms with van der Waals surface area (Å²) in [4.78, 5) is 15.7. The normalized spacial score (nSPS) is 12.8. The van der Waals surface area contributed by atoms with Crippen molar-refractivity contribution in [3.8, 4) is 0 Å². The van der Waals surface area contributed by atoms with Gasteiger partial charge in [0.05, 0.1) is 0 Å². The van der Waals surface area contributed by atoms with Gasteiger partial charge < -0.3 is 5.73 Å². The monoisotopic (exact) mass is 209 g/mol. The van der Waals surface area contributed by atoms with Crippen molar-refractivity contribution < 1.29 is 0 Å². The van der Waals surface area contributed by atoms with Crippen LogP contribution < -0.4 is 11.4 Å². The molecule has 0 fully saturated rings. The van der Waals surface area contributed by atoms with Crippen LogP contribution in [0.5, 0.6) is 0 Å². The highest BCUT2D eigenvalue weighted by Crippen LogP contribution is 2.14. The summed E-state index contributed by atoms with van der Waals surface area (Å²) in [6, 6.07) is 2.11. The number of hydrogen-bond donors (Lipinski definition) is 1. The second-order valence-electron chi connectivity index (χ2n) is 3.83. The smallest absolute Gasteiger partial charge is 0.330 e. The number of hydrogen-bond acceptors (Lipinski definition) is 3. The van der Waals surface area contributed by atoms with Crippen LogP contribution in [0.15, 0.2) is 10.9 Å². The van der Waals surface area contributed by atoms with Crippen LogP contribution in [-0.4, -0.2) is 16.1 Å². The van der Waals surface area contributed by atoms with Crippen molar-refractivity contribution in [2.75, 3.05) is 6.54 Å². The Morgan fingerprint density at radius 2 is 2.20 bits per heavy atom. The molecule has 4 heteroatoms. The molecule has 84 valence electrons. The van der Waals surface area contributed by atoms with Gasteiger partial charge in [-0.2, -0.15) is 4.98 Å². The minimum Gasteiger partial charge on any atom is -0.330 e. The maximum atomic E-state index is 11.7. The van der Waals surface area contributed by atoms with Gasteiger partial charge in [0, 0.05) is 17.4 Å². The molecule has 4 nitrogen and oxygen atoms in total. The van der Waals surface area contributed by atoms with Crippen molar-refractivity contribution in [2.24, 2.45) is 5.73 Å². The van der Waals surface area contributed by atoms with Crippen LogP contribution >= 0.6 is 0 Å². The van der Waals surface area contributed by atoms with Crippen molar-refractivity contribution in [2.45, 2.75) is 39.7 Å². The Morgan fingerprint density at radius 3 is 2.67 bits per heavy atom. The maximum absolute atomic E-state index is 11.7. The minimum absolute atomic E-state index is 0.159. The van der Waals surface area contributed by atoms with Gasteiger partial charge in [-0.05, 0) is 39.3 Å². The van der Waals surface area contributed by atoms with Gasteiger partial charge in [-0.15, -0.1) is 0 Å². The fourth-order valence-electron chi connectivity index (χ4n) is 1.91. The third-order valence-corrected chi connectivity index (χ3v) is 2.61. The SMILES string of the molecule is CCC(CCN)n1c(C)cc(C)nc1=O. The van der Waals surface area contributed by atoms with Gasteiger partial charge in [0.25, 0.3) is 0 Å². The second kappa shape index (κ2) is 5.07. The van der Waals surface area contributed by atoms with E-state index in [1.54, 1.807) is 4.57 Å². The van der Waals surface area contributed by atoms with Crippen LogP contribution in [0.3, 0.4) is 0 Å². The Hall–Kier alpha value is -1.16. The molecule has 2 N–H and O–H groups in total. The van der Waals surface area contributed by atoms with Gasteiger partial charge >= 0.3 is 5.69 Å². The highest BCUT2D eigenvalue weighted by Gasteiger charge is 2.12. The quantitative estimate of drug-likeness (QED) is 0.809. The molecule has 1 unspecified atom stereocenters. The molecule has 15 heavy (non-hydrogen) atoms. The standard InChI is InChI=1S/C11H19N3O/c1-4-10(5-6-12)14-9(3)7-8(2)13-11(14)15/h7,10H,4-6,12H2,1-3H3. The predicted octanol–water partition coefficient (Wildman–Crippen LogP) is 1.16. The van der Waals surface area contributed by atoms with E-state index in [0.29, 0.717) is 6.54 Å². The van der Waals surface area contributed by atoms with Crippen LogP contribution in [0.1, 0.15) is 37.2 Å². The molecule has 0 spiro atoms. The van der Waals surface area contributed by atoms with E-state index in [2.05, 4.69) is 11.9 Å². The lowest BCUT2D eigenvalue weighted by molar-refractivity contribution is 0.429. The van der Waals surface area contributed by atoms with Crippen molar-refractivity contribution in [1.82, 2.24) is 9.55 Å². The molecule has 1 rings (SSSR count). The first-order valence-corrected chi connectivity index (χ1v) is 5.37. The molecule has 0 amide bonds. The van der Waals surface area contributed by atoms with Crippen molar-refractivity contribution >= 4 is 0 Å². The number of nitrogens with zero attached hydrogens (tertiary/aromatic N) is 2. The van der Waals surface area contributed by atoms with Crippen LogP contribution in [0.25, 0.3) is 0 Å². The predicted molar refractivity (Wildman–Crippen MR) is 61.0 cm³/mol. The Bertz CT molecular complexity index is 384. The third-order valence-electron chi connectivity index (χ3n) is 2.61. The molecule has 1 aromatic heterocycles. The molecule has 0 saturated heterocycles. The summed E-state index contributed by atoms with van der Waals surface area (Å²) in [7, 11) is 0. The number of aromatic nitrogens is 2.